The van der Waals surface area contributed by atoms with E-state index in [-0.39, 0.29) is 6.04 Å². The Balaban J connectivity index is 2.53. The number of hydrogen-bond donors (Lipinski definition) is 2. The van der Waals surface area contributed by atoms with Crippen LogP contribution in [-0.2, 0) is 0 Å². The van der Waals surface area contributed by atoms with Gasteiger partial charge in [0.1, 0.15) is 11.4 Å². The van der Waals surface area contributed by atoms with Crippen molar-refractivity contribution in [2.45, 2.75) is 26.8 Å². The molecule has 102 valence electrons. The predicted octanol–water partition coefficient (Wildman–Crippen LogP) is 2.13. The number of nitrogens with one attached hydrogen (secondary N) is 2. The maximum atomic E-state index is 5.53. The van der Waals surface area contributed by atoms with Crippen LogP contribution in [0.1, 0.15) is 35.3 Å². The SMILES string of the molecule is CCNC(c1cn[nH]n1)c1c(C)cc(C)cc1OC. The third-order valence-electron chi connectivity index (χ3n) is 3.14. The molecule has 5 heteroatoms. The lowest BCUT2D eigenvalue weighted by Crippen LogP contribution is -2.24. The van der Waals surface area contributed by atoms with Gasteiger partial charge in [0.2, 0.25) is 0 Å². The fourth-order valence-corrected chi connectivity index (χ4v) is 2.39. The lowest BCUT2D eigenvalue weighted by atomic mass is 9.96. The maximum absolute atomic E-state index is 5.53. The van der Waals surface area contributed by atoms with Crippen LogP contribution in [0.25, 0.3) is 0 Å². The standard InChI is InChI=1S/C14H20N4O/c1-5-15-14(11-8-16-18-17-11)13-10(3)6-9(2)7-12(13)19-4/h6-8,14-15H,5H2,1-4H3,(H,16,17,18). The molecule has 2 aromatic rings. The number of H-pyrrole nitrogens is 1. The van der Waals surface area contributed by atoms with Gasteiger partial charge in [0.05, 0.1) is 19.3 Å². The Bertz CT molecular complexity index is 537. The summed E-state index contributed by atoms with van der Waals surface area (Å²) >= 11 is 0. The number of methoxy groups -OCH3 is 1. The number of aryl methyl sites for hydroxylation is 2. The van der Waals surface area contributed by atoms with Crippen LogP contribution in [0.15, 0.2) is 18.3 Å². The summed E-state index contributed by atoms with van der Waals surface area (Å²) in [6.45, 7) is 7.07. The van der Waals surface area contributed by atoms with Crippen LogP contribution in [0.4, 0.5) is 0 Å². The summed E-state index contributed by atoms with van der Waals surface area (Å²) in [6, 6.07) is 4.19. The van der Waals surface area contributed by atoms with Crippen molar-refractivity contribution < 1.29 is 4.74 Å². The molecule has 0 amide bonds. The van der Waals surface area contributed by atoms with E-state index in [0.29, 0.717) is 0 Å². The molecule has 0 fully saturated rings. The van der Waals surface area contributed by atoms with Crippen molar-refractivity contribution in [3.63, 3.8) is 0 Å². The van der Waals surface area contributed by atoms with Gasteiger partial charge in [-0.2, -0.15) is 15.4 Å². The summed E-state index contributed by atoms with van der Waals surface area (Å²) < 4.78 is 5.53. The summed E-state index contributed by atoms with van der Waals surface area (Å²) in [6.07, 6.45) is 1.74. The molecule has 1 atom stereocenters. The molecule has 0 saturated heterocycles. The second-order valence-electron chi connectivity index (χ2n) is 4.58. The fraction of sp³-hybridized carbons (Fsp3) is 0.429. The topological polar surface area (TPSA) is 62.8 Å². The van der Waals surface area contributed by atoms with Crippen LogP contribution in [-0.4, -0.2) is 29.1 Å². The quantitative estimate of drug-likeness (QED) is 0.864. The number of aromatic amines is 1. The highest BCUT2D eigenvalue weighted by Gasteiger charge is 2.22. The van der Waals surface area contributed by atoms with Crippen molar-refractivity contribution in [2.24, 2.45) is 0 Å². The van der Waals surface area contributed by atoms with Gasteiger partial charge in [0, 0.05) is 5.56 Å². The Morgan fingerprint density at radius 3 is 2.74 bits per heavy atom. The predicted molar refractivity (Wildman–Crippen MR) is 74.4 cm³/mol. The van der Waals surface area contributed by atoms with E-state index in [2.05, 4.69) is 47.6 Å². The van der Waals surface area contributed by atoms with E-state index in [1.165, 1.54) is 11.1 Å². The van der Waals surface area contributed by atoms with Gasteiger partial charge in [-0.05, 0) is 37.6 Å². The van der Waals surface area contributed by atoms with Crippen LogP contribution in [0.5, 0.6) is 5.75 Å². The average Bonchev–Trinajstić information content (AvgIpc) is 2.89. The van der Waals surface area contributed by atoms with Gasteiger partial charge in [-0.25, -0.2) is 0 Å². The number of benzene rings is 1. The van der Waals surface area contributed by atoms with Gasteiger partial charge in [-0.3, -0.25) is 0 Å². The molecule has 1 heterocycles. The van der Waals surface area contributed by atoms with Crippen molar-refractivity contribution in [3.8, 4) is 5.75 Å². The van der Waals surface area contributed by atoms with E-state index in [4.69, 9.17) is 4.74 Å². The monoisotopic (exact) mass is 260 g/mol. The zero-order valence-electron chi connectivity index (χ0n) is 11.8. The molecule has 0 aliphatic rings. The number of nitrogens with zero attached hydrogens (tertiary/aromatic N) is 2. The molecule has 0 radical (unpaired) electrons. The third-order valence-corrected chi connectivity index (χ3v) is 3.14. The molecule has 1 aromatic heterocycles. The molecule has 1 unspecified atom stereocenters. The van der Waals surface area contributed by atoms with E-state index in [1.807, 2.05) is 6.07 Å². The lowest BCUT2D eigenvalue weighted by Gasteiger charge is -2.21. The molecule has 0 aliphatic carbocycles. The summed E-state index contributed by atoms with van der Waals surface area (Å²) in [5, 5.41) is 14.2. The molecule has 0 spiro atoms. The van der Waals surface area contributed by atoms with Crippen molar-refractivity contribution in [1.82, 2.24) is 20.7 Å². The smallest absolute Gasteiger partial charge is 0.124 e. The molecule has 5 nitrogen and oxygen atoms in total. The molecule has 2 rings (SSSR count). The molecule has 0 bridgehead atoms. The Kier molecular flexibility index (Phi) is 4.16. The van der Waals surface area contributed by atoms with E-state index >= 15 is 0 Å². The van der Waals surface area contributed by atoms with Crippen molar-refractivity contribution >= 4 is 0 Å². The highest BCUT2D eigenvalue weighted by molar-refractivity contribution is 5.47. The first-order valence-corrected chi connectivity index (χ1v) is 6.41. The molecular weight excluding hydrogens is 240 g/mol. The van der Waals surface area contributed by atoms with Gasteiger partial charge in [-0.1, -0.05) is 13.0 Å². The Morgan fingerprint density at radius 2 is 2.16 bits per heavy atom. The molecule has 2 N–H and O–H groups in total. The van der Waals surface area contributed by atoms with Gasteiger partial charge in [0.25, 0.3) is 0 Å². The first kappa shape index (κ1) is 13.5. The molecule has 0 saturated carbocycles. The molecule has 19 heavy (non-hydrogen) atoms. The zero-order chi connectivity index (χ0) is 13.8. The molecule has 0 aliphatic heterocycles. The Hall–Kier alpha value is -1.88. The Morgan fingerprint density at radius 1 is 1.37 bits per heavy atom. The van der Waals surface area contributed by atoms with Gasteiger partial charge in [-0.15, -0.1) is 0 Å². The minimum atomic E-state index is -0.0145. The molecular formula is C14H20N4O. The Labute approximate surface area is 113 Å². The summed E-state index contributed by atoms with van der Waals surface area (Å²) in [7, 11) is 1.70. The third kappa shape index (κ3) is 2.76. The normalized spacial score (nSPS) is 12.4. The first-order chi connectivity index (χ1) is 9.17. The van der Waals surface area contributed by atoms with Crippen LogP contribution in [0, 0.1) is 13.8 Å². The summed E-state index contributed by atoms with van der Waals surface area (Å²) in [5.41, 5.74) is 4.36. The van der Waals surface area contributed by atoms with Crippen molar-refractivity contribution in [2.75, 3.05) is 13.7 Å². The van der Waals surface area contributed by atoms with E-state index in [0.717, 1.165) is 23.6 Å². The highest BCUT2D eigenvalue weighted by atomic mass is 16.5. The summed E-state index contributed by atoms with van der Waals surface area (Å²) in [4.78, 5) is 0. The minimum Gasteiger partial charge on any atom is -0.496 e. The van der Waals surface area contributed by atoms with Crippen LogP contribution >= 0.6 is 0 Å². The van der Waals surface area contributed by atoms with Gasteiger partial charge in [0.15, 0.2) is 0 Å². The average molecular weight is 260 g/mol. The van der Waals surface area contributed by atoms with Gasteiger partial charge >= 0.3 is 0 Å². The van der Waals surface area contributed by atoms with Crippen molar-refractivity contribution in [3.05, 3.63) is 40.7 Å². The maximum Gasteiger partial charge on any atom is 0.124 e. The highest BCUT2D eigenvalue weighted by Crippen LogP contribution is 2.32. The number of aromatic nitrogens is 3. The fourth-order valence-electron chi connectivity index (χ4n) is 2.39. The zero-order valence-corrected chi connectivity index (χ0v) is 11.8. The van der Waals surface area contributed by atoms with Crippen LogP contribution in [0.3, 0.4) is 0 Å². The van der Waals surface area contributed by atoms with Gasteiger partial charge < -0.3 is 10.1 Å². The van der Waals surface area contributed by atoms with E-state index in [1.54, 1.807) is 13.3 Å². The molecule has 1 aromatic carbocycles. The van der Waals surface area contributed by atoms with Crippen molar-refractivity contribution in [1.29, 1.82) is 0 Å². The number of rotatable bonds is 5. The number of ether oxygens (including phenoxy) is 1. The second kappa shape index (κ2) is 5.84. The van der Waals surface area contributed by atoms with Crippen LogP contribution in [0.2, 0.25) is 0 Å². The minimum absolute atomic E-state index is 0.0145. The van der Waals surface area contributed by atoms with E-state index in [9.17, 15) is 0 Å². The lowest BCUT2D eigenvalue weighted by molar-refractivity contribution is 0.402. The number of hydrogen-bond acceptors (Lipinski definition) is 4. The summed E-state index contributed by atoms with van der Waals surface area (Å²) in [5.74, 6) is 0.881. The largest absolute Gasteiger partial charge is 0.496 e. The first-order valence-electron chi connectivity index (χ1n) is 6.41. The van der Waals surface area contributed by atoms with E-state index < -0.39 is 0 Å². The second-order valence-corrected chi connectivity index (χ2v) is 4.58. The van der Waals surface area contributed by atoms with Crippen LogP contribution < -0.4 is 10.1 Å².